The van der Waals surface area contributed by atoms with Crippen molar-refractivity contribution in [2.75, 3.05) is 13.1 Å². The molecule has 0 atom stereocenters. The Bertz CT molecular complexity index is 955. The quantitative estimate of drug-likeness (QED) is 0.770. The second-order valence-electron chi connectivity index (χ2n) is 6.58. The molecule has 134 valence electrons. The molecule has 0 aliphatic carbocycles. The maximum absolute atomic E-state index is 12.3. The molecule has 0 spiro atoms. The highest BCUT2D eigenvalue weighted by Gasteiger charge is 2.22. The molecule has 7 heteroatoms. The Morgan fingerprint density at radius 2 is 1.81 bits per heavy atom. The van der Waals surface area contributed by atoms with Crippen molar-refractivity contribution in [1.29, 1.82) is 0 Å². The first-order valence-electron chi connectivity index (χ1n) is 8.83. The highest BCUT2D eigenvalue weighted by Crippen LogP contribution is 2.12. The van der Waals surface area contributed by atoms with Crippen LogP contribution in [0, 0.1) is 0 Å². The molecule has 26 heavy (non-hydrogen) atoms. The van der Waals surface area contributed by atoms with Crippen LogP contribution in [-0.2, 0) is 6.67 Å². The number of amides is 1. The number of rotatable bonds is 4. The highest BCUT2D eigenvalue weighted by molar-refractivity contribution is 5.94. The van der Waals surface area contributed by atoms with Gasteiger partial charge in [0.2, 0.25) is 0 Å². The summed E-state index contributed by atoms with van der Waals surface area (Å²) < 4.78 is 3.05. The van der Waals surface area contributed by atoms with Crippen LogP contribution in [0.25, 0.3) is 5.65 Å². The maximum atomic E-state index is 12.3. The monoisotopic (exact) mass is 351 g/mol. The Balaban J connectivity index is 1.34. The van der Waals surface area contributed by atoms with Gasteiger partial charge < -0.3 is 5.32 Å². The van der Waals surface area contributed by atoms with Crippen LogP contribution >= 0.6 is 0 Å². The number of hydrogen-bond acceptors (Lipinski definition) is 4. The molecule has 7 nitrogen and oxygen atoms in total. The molecule has 0 bridgehead atoms. The van der Waals surface area contributed by atoms with Gasteiger partial charge in [0.05, 0.1) is 6.67 Å². The summed E-state index contributed by atoms with van der Waals surface area (Å²) in [4.78, 5) is 26.8. The Labute approximate surface area is 150 Å². The average molecular weight is 351 g/mol. The number of benzene rings is 1. The van der Waals surface area contributed by atoms with E-state index in [9.17, 15) is 9.59 Å². The van der Waals surface area contributed by atoms with Crippen LogP contribution in [0.5, 0.6) is 0 Å². The number of fused-ring (bicyclic) bond motifs is 1. The van der Waals surface area contributed by atoms with Gasteiger partial charge in [-0.15, -0.1) is 5.10 Å². The zero-order chi connectivity index (χ0) is 17.9. The number of piperidine rings is 1. The van der Waals surface area contributed by atoms with Gasteiger partial charge in [-0.1, -0.05) is 24.3 Å². The smallest absolute Gasteiger partial charge is 0.349 e. The lowest BCUT2D eigenvalue weighted by atomic mass is 10.0. The van der Waals surface area contributed by atoms with Crippen LogP contribution in [0.4, 0.5) is 0 Å². The summed E-state index contributed by atoms with van der Waals surface area (Å²) in [6.45, 7) is 2.11. The molecule has 1 N–H and O–H groups in total. The zero-order valence-corrected chi connectivity index (χ0v) is 14.4. The van der Waals surface area contributed by atoms with Crippen molar-refractivity contribution in [3.63, 3.8) is 0 Å². The minimum atomic E-state index is -0.125. The van der Waals surface area contributed by atoms with E-state index in [2.05, 4.69) is 15.3 Å². The van der Waals surface area contributed by atoms with Crippen molar-refractivity contribution < 1.29 is 4.79 Å². The summed E-state index contributed by atoms with van der Waals surface area (Å²) >= 11 is 0. The molecule has 0 unspecified atom stereocenters. The molecule has 0 saturated carbocycles. The molecular weight excluding hydrogens is 330 g/mol. The van der Waals surface area contributed by atoms with Gasteiger partial charge in [-0.3, -0.25) is 14.1 Å². The van der Waals surface area contributed by atoms with Crippen molar-refractivity contribution in [1.82, 2.24) is 24.4 Å². The fourth-order valence-corrected chi connectivity index (χ4v) is 3.33. The summed E-state index contributed by atoms with van der Waals surface area (Å²) in [7, 11) is 0. The van der Waals surface area contributed by atoms with Gasteiger partial charge in [0, 0.05) is 30.9 Å². The average Bonchev–Trinajstić information content (AvgIpc) is 3.00. The first-order chi connectivity index (χ1) is 12.7. The summed E-state index contributed by atoms with van der Waals surface area (Å²) in [6, 6.07) is 14.9. The molecule has 3 heterocycles. The number of aromatic nitrogens is 3. The summed E-state index contributed by atoms with van der Waals surface area (Å²) in [5.41, 5.74) is 1.22. The van der Waals surface area contributed by atoms with Crippen LogP contribution < -0.4 is 11.0 Å². The molecule has 1 aromatic carbocycles. The van der Waals surface area contributed by atoms with E-state index >= 15 is 0 Å². The first kappa shape index (κ1) is 16.5. The molecule has 1 saturated heterocycles. The van der Waals surface area contributed by atoms with Gasteiger partial charge in [0.25, 0.3) is 5.91 Å². The van der Waals surface area contributed by atoms with Crippen LogP contribution in [0.15, 0.2) is 59.5 Å². The van der Waals surface area contributed by atoms with Gasteiger partial charge in [-0.05, 0) is 37.1 Å². The van der Waals surface area contributed by atoms with Gasteiger partial charge in [0.15, 0.2) is 5.65 Å². The predicted molar refractivity (Wildman–Crippen MR) is 98.0 cm³/mol. The second kappa shape index (κ2) is 7.13. The number of hydrogen-bond donors (Lipinski definition) is 1. The number of nitrogens with zero attached hydrogens (tertiary/aromatic N) is 4. The van der Waals surface area contributed by atoms with Crippen LogP contribution in [0.3, 0.4) is 0 Å². The predicted octanol–water partition coefficient (Wildman–Crippen LogP) is 1.35. The van der Waals surface area contributed by atoms with Crippen LogP contribution in [0.2, 0.25) is 0 Å². The fraction of sp³-hybridized carbons (Fsp3) is 0.316. The second-order valence-corrected chi connectivity index (χ2v) is 6.58. The topological polar surface area (TPSA) is 71.6 Å². The summed E-state index contributed by atoms with van der Waals surface area (Å²) in [5.74, 6) is -0.0272. The van der Waals surface area contributed by atoms with Crippen molar-refractivity contribution >= 4 is 11.6 Å². The number of carbonyl (C=O) groups excluding carboxylic acids is 1. The van der Waals surface area contributed by atoms with Crippen LogP contribution in [0.1, 0.15) is 23.2 Å². The molecular formula is C19H21N5O2. The third-order valence-electron chi connectivity index (χ3n) is 4.78. The normalized spacial score (nSPS) is 16.0. The highest BCUT2D eigenvalue weighted by atomic mass is 16.2. The number of likely N-dealkylation sites (tertiary alicyclic amines) is 1. The Morgan fingerprint density at radius 1 is 1.08 bits per heavy atom. The lowest BCUT2D eigenvalue weighted by Crippen LogP contribution is -2.45. The number of pyridine rings is 1. The molecule has 4 rings (SSSR count). The first-order valence-corrected chi connectivity index (χ1v) is 8.83. The van der Waals surface area contributed by atoms with E-state index in [1.165, 1.54) is 4.68 Å². The number of nitrogens with one attached hydrogen (secondary N) is 1. The van der Waals surface area contributed by atoms with Crippen molar-refractivity contribution in [2.24, 2.45) is 0 Å². The molecule has 1 fully saturated rings. The van der Waals surface area contributed by atoms with E-state index in [1.54, 1.807) is 10.6 Å². The zero-order valence-electron chi connectivity index (χ0n) is 14.4. The van der Waals surface area contributed by atoms with E-state index in [1.807, 2.05) is 48.5 Å². The minimum absolute atomic E-state index is 0.0272. The Kier molecular flexibility index (Phi) is 4.53. The summed E-state index contributed by atoms with van der Waals surface area (Å²) in [6.07, 6.45) is 3.45. The van der Waals surface area contributed by atoms with Gasteiger partial charge >= 0.3 is 5.69 Å². The van der Waals surface area contributed by atoms with Gasteiger partial charge in [-0.25, -0.2) is 4.79 Å². The lowest BCUT2D eigenvalue weighted by Gasteiger charge is -2.31. The van der Waals surface area contributed by atoms with Crippen molar-refractivity contribution in [3.05, 3.63) is 70.8 Å². The fourth-order valence-electron chi connectivity index (χ4n) is 3.33. The molecule has 1 aliphatic heterocycles. The molecule has 1 aliphatic rings. The molecule has 0 radical (unpaired) electrons. The molecule has 3 aromatic rings. The Morgan fingerprint density at radius 3 is 2.54 bits per heavy atom. The standard InChI is InChI=1S/C19H21N5O2/c25-18(15-6-2-1-3-7-15)20-16-9-12-22(13-10-16)14-24-19(26)23-11-5-4-8-17(23)21-24/h1-8,11,16H,9-10,12-14H2,(H,20,25). The summed E-state index contributed by atoms with van der Waals surface area (Å²) in [5, 5.41) is 7.47. The van der Waals surface area contributed by atoms with E-state index in [4.69, 9.17) is 0 Å². The van der Waals surface area contributed by atoms with Crippen molar-refractivity contribution in [3.8, 4) is 0 Å². The number of carbonyl (C=O) groups is 1. The SMILES string of the molecule is O=C(NC1CCN(Cn2nc3ccccn3c2=O)CC1)c1ccccc1. The van der Waals surface area contributed by atoms with Crippen LogP contribution in [-0.4, -0.2) is 44.1 Å². The minimum Gasteiger partial charge on any atom is -0.349 e. The van der Waals surface area contributed by atoms with E-state index < -0.39 is 0 Å². The van der Waals surface area contributed by atoms with Gasteiger partial charge in [0.1, 0.15) is 0 Å². The van der Waals surface area contributed by atoms with E-state index in [0.717, 1.165) is 25.9 Å². The largest absolute Gasteiger partial charge is 0.351 e. The molecule has 1 amide bonds. The van der Waals surface area contributed by atoms with Gasteiger partial charge in [-0.2, -0.15) is 4.68 Å². The third kappa shape index (κ3) is 3.39. The van der Waals surface area contributed by atoms with Crippen molar-refractivity contribution in [2.45, 2.75) is 25.6 Å². The lowest BCUT2D eigenvalue weighted by molar-refractivity contribution is 0.0895. The molecule has 2 aromatic heterocycles. The third-order valence-corrected chi connectivity index (χ3v) is 4.78. The van der Waals surface area contributed by atoms with E-state index in [-0.39, 0.29) is 17.6 Å². The maximum Gasteiger partial charge on any atom is 0.351 e. The Hall–Kier alpha value is -2.93. The van der Waals surface area contributed by atoms with E-state index in [0.29, 0.717) is 17.9 Å².